The van der Waals surface area contributed by atoms with Gasteiger partial charge in [0.15, 0.2) is 5.76 Å². The van der Waals surface area contributed by atoms with Gasteiger partial charge in [-0.3, -0.25) is 4.79 Å². The van der Waals surface area contributed by atoms with Gasteiger partial charge >= 0.3 is 0 Å². The highest BCUT2D eigenvalue weighted by Gasteiger charge is 2.30. The number of hydrogen-bond acceptors (Lipinski definition) is 7. The van der Waals surface area contributed by atoms with Crippen molar-refractivity contribution in [3.63, 3.8) is 0 Å². The fraction of sp³-hybridized carbons (Fsp3) is 0.294. The topological polar surface area (TPSA) is 97.3 Å². The molecule has 8 nitrogen and oxygen atoms in total. The highest BCUT2D eigenvalue weighted by Crippen LogP contribution is 2.30. The molecule has 1 aliphatic carbocycles. The van der Waals surface area contributed by atoms with Crippen molar-refractivity contribution in [2.75, 3.05) is 18.0 Å². The van der Waals surface area contributed by atoms with Gasteiger partial charge in [0, 0.05) is 19.1 Å². The minimum Gasteiger partial charge on any atom is -0.472 e. The SMILES string of the molecule is O=C(NCCN(c1cnc(F)cn1)C1CC1)c1cnoc1-c1ccoc1. The first-order valence-electron chi connectivity index (χ1n) is 8.22. The highest BCUT2D eigenvalue weighted by molar-refractivity contribution is 5.99. The minimum atomic E-state index is -0.614. The molecule has 1 fully saturated rings. The quantitative estimate of drug-likeness (QED) is 0.693. The molecule has 1 aliphatic rings. The molecule has 0 bridgehead atoms. The zero-order valence-corrected chi connectivity index (χ0v) is 13.8. The van der Waals surface area contributed by atoms with Gasteiger partial charge in [-0.15, -0.1) is 0 Å². The molecule has 134 valence electrons. The van der Waals surface area contributed by atoms with Crippen LogP contribution in [0.25, 0.3) is 11.3 Å². The Bertz CT molecular complexity index is 874. The van der Waals surface area contributed by atoms with Crippen molar-refractivity contribution >= 4 is 11.7 Å². The van der Waals surface area contributed by atoms with Gasteiger partial charge in [-0.1, -0.05) is 5.16 Å². The van der Waals surface area contributed by atoms with E-state index in [2.05, 4.69) is 20.4 Å². The lowest BCUT2D eigenvalue weighted by Crippen LogP contribution is -2.36. The summed E-state index contributed by atoms with van der Waals surface area (Å²) in [6.07, 6.45) is 8.95. The second kappa shape index (κ2) is 6.95. The van der Waals surface area contributed by atoms with Crippen LogP contribution in [0.2, 0.25) is 0 Å². The summed E-state index contributed by atoms with van der Waals surface area (Å²) < 4.78 is 23.1. The number of aromatic nitrogens is 3. The number of amides is 1. The van der Waals surface area contributed by atoms with Crippen LogP contribution in [-0.4, -0.2) is 40.2 Å². The molecular weight excluding hydrogens is 341 g/mol. The average Bonchev–Trinajstić information content (AvgIpc) is 3.12. The summed E-state index contributed by atoms with van der Waals surface area (Å²) in [5.41, 5.74) is 0.986. The van der Waals surface area contributed by atoms with Crippen molar-refractivity contribution < 1.29 is 18.1 Å². The van der Waals surface area contributed by atoms with Crippen LogP contribution in [0.5, 0.6) is 0 Å². The molecule has 3 heterocycles. The number of nitrogens with one attached hydrogen (secondary N) is 1. The molecule has 0 unspecified atom stereocenters. The Morgan fingerprint density at radius 1 is 1.31 bits per heavy atom. The van der Waals surface area contributed by atoms with E-state index in [0.717, 1.165) is 19.0 Å². The smallest absolute Gasteiger partial charge is 0.256 e. The molecule has 0 spiro atoms. The van der Waals surface area contributed by atoms with E-state index in [4.69, 9.17) is 8.94 Å². The predicted octanol–water partition coefficient (Wildman–Crippen LogP) is 2.26. The van der Waals surface area contributed by atoms with Crippen LogP contribution in [-0.2, 0) is 0 Å². The third-order valence-electron chi connectivity index (χ3n) is 4.13. The van der Waals surface area contributed by atoms with Gasteiger partial charge in [-0.05, 0) is 18.9 Å². The largest absolute Gasteiger partial charge is 0.472 e. The minimum absolute atomic E-state index is 0.289. The Hall–Kier alpha value is -3.23. The Balaban J connectivity index is 1.39. The molecule has 1 amide bonds. The van der Waals surface area contributed by atoms with Crippen LogP contribution >= 0.6 is 0 Å². The molecule has 26 heavy (non-hydrogen) atoms. The molecule has 3 aromatic rings. The average molecular weight is 357 g/mol. The zero-order chi connectivity index (χ0) is 17.9. The van der Waals surface area contributed by atoms with E-state index >= 15 is 0 Å². The van der Waals surface area contributed by atoms with E-state index in [1.165, 1.54) is 24.9 Å². The van der Waals surface area contributed by atoms with Gasteiger partial charge in [-0.2, -0.15) is 4.39 Å². The number of nitrogens with zero attached hydrogens (tertiary/aromatic N) is 4. The predicted molar refractivity (Wildman–Crippen MR) is 88.9 cm³/mol. The van der Waals surface area contributed by atoms with E-state index in [-0.39, 0.29) is 5.91 Å². The first-order valence-corrected chi connectivity index (χ1v) is 8.22. The molecular formula is C17H16FN5O3. The van der Waals surface area contributed by atoms with Crippen molar-refractivity contribution in [1.82, 2.24) is 20.4 Å². The second-order valence-corrected chi connectivity index (χ2v) is 5.96. The third-order valence-corrected chi connectivity index (χ3v) is 4.13. The fourth-order valence-electron chi connectivity index (χ4n) is 2.71. The van der Waals surface area contributed by atoms with Gasteiger partial charge in [-0.25, -0.2) is 9.97 Å². The summed E-state index contributed by atoms with van der Waals surface area (Å²) in [7, 11) is 0. The Kier molecular flexibility index (Phi) is 4.34. The van der Waals surface area contributed by atoms with Gasteiger partial charge in [0.25, 0.3) is 5.91 Å². The van der Waals surface area contributed by atoms with E-state index in [9.17, 15) is 9.18 Å². The molecule has 1 saturated carbocycles. The van der Waals surface area contributed by atoms with Crippen molar-refractivity contribution in [1.29, 1.82) is 0 Å². The van der Waals surface area contributed by atoms with E-state index in [1.807, 2.05) is 4.90 Å². The molecule has 0 radical (unpaired) electrons. The fourth-order valence-corrected chi connectivity index (χ4v) is 2.71. The standard InChI is InChI=1S/C17H16FN5O3/c18-14-8-21-15(9-20-14)23(12-1-2-12)5-4-19-17(24)13-7-22-26-16(13)11-3-6-25-10-11/h3,6-10,12H,1-2,4-5H2,(H,19,24). The van der Waals surface area contributed by atoms with Crippen LogP contribution in [0.1, 0.15) is 23.2 Å². The van der Waals surface area contributed by atoms with Gasteiger partial charge in [0.1, 0.15) is 17.6 Å². The summed E-state index contributed by atoms with van der Waals surface area (Å²) in [6.45, 7) is 0.938. The first-order chi connectivity index (χ1) is 12.7. The number of hydrogen-bond donors (Lipinski definition) is 1. The summed E-state index contributed by atoms with van der Waals surface area (Å²) >= 11 is 0. The molecule has 3 aromatic heterocycles. The van der Waals surface area contributed by atoms with Crippen LogP contribution in [0.4, 0.5) is 10.2 Å². The van der Waals surface area contributed by atoms with Gasteiger partial charge < -0.3 is 19.2 Å². The van der Waals surface area contributed by atoms with Crippen molar-refractivity contribution in [2.24, 2.45) is 0 Å². The second-order valence-electron chi connectivity index (χ2n) is 5.96. The van der Waals surface area contributed by atoms with E-state index in [0.29, 0.717) is 41.8 Å². The van der Waals surface area contributed by atoms with Gasteiger partial charge in [0.05, 0.1) is 30.4 Å². The van der Waals surface area contributed by atoms with Crippen molar-refractivity contribution in [3.05, 3.63) is 48.7 Å². The maximum Gasteiger partial charge on any atom is 0.256 e. The lowest BCUT2D eigenvalue weighted by Gasteiger charge is -2.23. The number of anilines is 1. The molecule has 0 aliphatic heterocycles. The van der Waals surface area contributed by atoms with E-state index in [1.54, 1.807) is 6.07 Å². The normalized spacial score (nSPS) is 13.6. The summed E-state index contributed by atoms with van der Waals surface area (Å²) in [6, 6.07) is 2.04. The van der Waals surface area contributed by atoms with Gasteiger partial charge in [0.2, 0.25) is 5.95 Å². The molecule has 4 rings (SSSR count). The Morgan fingerprint density at radius 2 is 2.19 bits per heavy atom. The third kappa shape index (κ3) is 3.41. The monoisotopic (exact) mass is 357 g/mol. The molecule has 0 atom stereocenters. The summed E-state index contributed by atoms with van der Waals surface area (Å²) in [5.74, 6) is 0.0623. The number of furan rings is 1. The zero-order valence-electron chi connectivity index (χ0n) is 13.8. The highest BCUT2D eigenvalue weighted by atomic mass is 19.1. The lowest BCUT2D eigenvalue weighted by molar-refractivity contribution is 0.0955. The maximum atomic E-state index is 13.0. The number of carbonyl (C=O) groups excluding carboxylic acids is 1. The van der Waals surface area contributed by atoms with Crippen molar-refractivity contribution in [2.45, 2.75) is 18.9 Å². The lowest BCUT2D eigenvalue weighted by atomic mass is 10.1. The molecule has 9 heteroatoms. The first kappa shape index (κ1) is 16.2. The Labute approximate surface area is 148 Å². The molecule has 0 aromatic carbocycles. The Morgan fingerprint density at radius 3 is 2.88 bits per heavy atom. The number of carbonyl (C=O) groups is 1. The number of halogens is 1. The number of rotatable bonds is 7. The van der Waals surface area contributed by atoms with Crippen LogP contribution < -0.4 is 10.2 Å². The summed E-state index contributed by atoms with van der Waals surface area (Å²) in [4.78, 5) is 22.2. The van der Waals surface area contributed by atoms with Crippen molar-refractivity contribution in [3.8, 4) is 11.3 Å². The summed E-state index contributed by atoms with van der Waals surface area (Å²) in [5, 5.41) is 6.54. The van der Waals surface area contributed by atoms with Crippen LogP contribution in [0.3, 0.4) is 0 Å². The van der Waals surface area contributed by atoms with Crippen LogP contribution in [0, 0.1) is 5.95 Å². The molecule has 0 saturated heterocycles. The van der Waals surface area contributed by atoms with Crippen LogP contribution in [0.15, 0.2) is 46.1 Å². The molecule has 1 N–H and O–H groups in total. The maximum absolute atomic E-state index is 13.0. The van der Waals surface area contributed by atoms with E-state index < -0.39 is 5.95 Å².